The molecule has 0 fully saturated rings. The van der Waals surface area contributed by atoms with Crippen molar-refractivity contribution in [2.24, 2.45) is 0 Å². The van der Waals surface area contributed by atoms with Crippen LogP contribution < -0.4 is 5.32 Å². The molecule has 80 valence electrons. The zero-order valence-electron chi connectivity index (χ0n) is 7.83. The lowest BCUT2D eigenvalue weighted by Gasteiger charge is -1.99. The number of alkyl halides is 1. The summed E-state index contributed by atoms with van der Waals surface area (Å²) in [7, 11) is -0.774. The first-order chi connectivity index (χ1) is 6.76. The number of hydrogen-bond donors (Lipinski definition) is 1. The molecule has 0 saturated heterocycles. The number of halogens is 1. The fourth-order valence-electron chi connectivity index (χ4n) is 0.795. The Balaban J connectivity index is 2.27. The molecular formula is C7H12ClN3O2S. The summed E-state index contributed by atoms with van der Waals surface area (Å²) in [5.41, 5.74) is 0. The Morgan fingerprint density at radius 3 is 2.93 bits per heavy atom. The molecule has 1 N–H and O–H groups in total. The van der Waals surface area contributed by atoms with Crippen LogP contribution in [0.1, 0.15) is 12.8 Å². The van der Waals surface area contributed by atoms with Gasteiger partial charge in [-0.3, -0.25) is 4.21 Å². The van der Waals surface area contributed by atoms with Crippen molar-refractivity contribution in [1.29, 1.82) is 0 Å². The van der Waals surface area contributed by atoms with E-state index in [-0.39, 0.29) is 5.88 Å². The van der Waals surface area contributed by atoms with Crippen molar-refractivity contribution in [1.82, 2.24) is 10.2 Å². The maximum absolute atomic E-state index is 11.0. The minimum absolute atomic E-state index is 0.204. The summed E-state index contributed by atoms with van der Waals surface area (Å²) >= 11 is 5.47. The quantitative estimate of drug-likeness (QED) is 0.748. The Hall–Kier alpha value is -0.620. The molecule has 0 spiro atoms. The van der Waals surface area contributed by atoms with Crippen LogP contribution in [0, 0.1) is 0 Å². The summed E-state index contributed by atoms with van der Waals surface area (Å²) in [4.78, 5) is 0. The fraction of sp³-hybridized carbons (Fsp3) is 0.714. The van der Waals surface area contributed by atoms with Crippen LogP contribution >= 0.6 is 11.6 Å². The molecule has 0 aromatic carbocycles. The van der Waals surface area contributed by atoms with Crippen LogP contribution in [0.25, 0.3) is 0 Å². The lowest BCUT2D eigenvalue weighted by Crippen LogP contribution is -2.12. The van der Waals surface area contributed by atoms with E-state index in [0.717, 1.165) is 0 Å². The van der Waals surface area contributed by atoms with Crippen molar-refractivity contribution in [3.05, 3.63) is 5.89 Å². The largest absolute Gasteiger partial charge is 0.407 e. The lowest BCUT2D eigenvalue weighted by molar-refractivity contribution is 0.526. The molecule has 1 aromatic heterocycles. The molecule has 0 bridgehead atoms. The van der Waals surface area contributed by atoms with Crippen molar-refractivity contribution in [2.45, 2.75) is 12.8 Å². The molecule has 0 saturated carbocycles. The molecule has 1 atom stereocenters. The number of aromatic nitrogens is 2. The van der Waals surface area contributed by atoms with Crippen molar-refractivity contribution in [3.63, 3.8) is 0 Å². The Morgan fingerprint density at radius 2 is 2.36 bits per heavy atom. The maximum atomic E-state index is 11.0. The van der Waals surface area contributed by atoms with Gasteiger partial charge in [0.25, 0.3) is 0 Å². The number of rotatable bonds is 6. The predicted molar refractivity (Wildman–Crippen MR) is 55.9 cm³/mol. The molecule has 0 aliphatic carbocycles. The average molecular weight is 238 g/mol. The van der Waals surface area contributed by atoms with Crippen molar-refractivity contribution in [2.75, 3.05) is 23.4 Å². The number of hydrogen-bond acceptors (Lipinski definition) is 5. The summed E-state index contributed by atoms with van der Waals surface area (Å²) in [6, 6.07) is 0.328. The van der Waals surface area contributed by atoms with E-state index >= 15 is 0 Å². The molecule has 7 heteroatoms. The Morgan fingerprint density at radius 1 is 1.57 bits per heavy atom. The van der Waals surface area contributed by atoms with Crippen LogP contribution in [-0.2, 0) is 16.7 Å². The summed E-state index contributed by atoms with van der Waals surface area (Å²) in [6.45, 7) is 2.44. The van der Waals surface area contributed by atoms with Crippen molar-refractivity contribution < 1.29 is 8.63 Å². The third kappa shape index (κ3) is 3.63. The third-order valence-electron chi connectivity index (χ3n) is 1.51. The van der Waals surface area contributed by atoms with E-state index in [0.29, 0.717) is 30.0 Å². The van der Waals surface area contributed by atoms with E-state index < -0.39 is 10.8 Å². The second-order valence-electron chi connectivity index (χ2n) is 2.49. The maximum Gasteiger partial charge on any atom is 0.315 e. The molecule has 0 radical (unpaired) electrons. The monoisotopic (exact) mass is 237 g/mol. The minimum atomic E-state index is -0.774. The zero-order valence-corrected chi connectivity index (χ0v) is 9.40. The molecule has 1 heterocycles. The highest BCUT2D eigenvalue weighted by Crippen LogP contribution is 2.06. The van der Waals surface area contributed by atoms with Gasteiger partial charge in [-0.15, -0.1) is 16.7 Å². The molecular weight excluding hydrogens is 226 g/mol. The fourth-order valence-corrected chi connectivity index (χ4v) is 1.52. The number of nitrogens with zero attached hydrogens (tertiary/aromatic N) is 2. The van der Waals surface area contributed by atoms with Gasteiger partial charge >= 0.3 is 6.01 Å². The number of anilines is 1. The van der Waals surface area contributed by atoms with Crippen LogP contribution in [0.3, 0.4) is 0 Å². The standard InChI is InChI=1S/C7H12ClN3O2S/c1-2-14(12)4-3-9-7-11-10-6(5-8)13-7/h2-5H2,1H3,(H,9,11). The molecule has 0 aliphatic heterocycles. The highest BCUT2D eigenvalue weighted by molar-refractivity contribution is 7.84. The van der Waals surface area contributed by atoms with Crippen LogP contribution in [0.2, 0.25) is 0 Å². The molecule has 0 amide bonds. The molecule has 1 aromatic rings. The van der Waals surface area contributed by atoms with Gasteiger partial charge in [-0.25, -0.2) is 0 Å². The van der Waals surface area contributed by atoms with E-state index in [1.165, 1.54) is 0 Å². The highest BCUT2D eigenvalue weighted by atomic mass is 35.5. The van der Waals surface area contributed by atoms with Crippen molar-refractivity contribution >= 4 is 28.4 Å². The second kappa shape index (κ2) is 5.98. The van der Waals surface area contributed by atoms with E-state index in [4.69, 9.17) is 16.0 Å². The van der Waals surface area contributed by atoms with E-state index in [1.54, 1.807) is 0 Å². The number of nitrogens with one attached hydrogen (secondary N) is 1. The van der Waals surface area contributed by atoms with Crippen LogP contribution in [-0.4, -0.2) is 32.5 Å². The smallest absolute Gasteiger partial charge is 0.315 e. The second-order valence-corrected chi connectivity index (χ2v) is 4.63. The first-order valence-corrected chi connectivity index (χ1v) is 6.25. The summed E-state index contributed by atoms with van der Waals surface area (Å²) < 4.78 is 16.1. The Bertz CT molecular complexity index is 305. The van der Waals surface area contributed by atoms with Gasteiger partial charge in [0.2, 0.25) is 5.89 Å². The summed E-state index contributed by atoms with van der Waals surface area (Å²) in [6.07, 6.45) is 0. The molecule has 0 aliphatic rings. The molecule has 1 unspecified atom stereocenters. The van der Waals surface area contributed by atoms with E-state index in [1.807, 2.05) is 6.92 Å². The predicted octanol–water partition coefficient (Wildman–Crippen LogP) is 0.989. The van der Waals surface area contributed by atoms with Gasteiger partial charge in [-0.1, -0.05) is 12.0 Å². The van der Waals surface area contributed by atoms with Gasteiger partial charge in [0.1, 0.15) is 5.88 Å². The molecule has 1 rings (SSSR count). The van der Waals surface area contributed by atoms with Gasteiger partial charge in [0, 0.05) is 28.9 Å². The minimum Gasteiger partial charge on any atom is -0.407 e. The van der Waals surface area contributed by atoms with E-state index in [9.17, 15) is 4.21 Å². The van der Waals surface area contributed by atoms with Crippen molar-refractivity contribution in [3.8, 4) is 0 Å². The topological polar surface area (TPSA) is 68.0 Å². The highest BCUT2D eigenvalue weighted by Gasteiger charge is 2.03. The Kier molecular flexibility index (Phi) is 4.89. The SMILES string of the molecule is CCS(=O)CCNc1nnc(CCl)o1. The van der Waals surface area contributed by atoms with Crippen LogP contribution in [0.15, 0.2) is 4.42 Å². The van der Waals surface area contributed by atoms with Gasteiger partial charge in [0.15, 0.2) is 0 Å². The average Bonchev–Trinajstić information content (AvgIpc) is 2.65. The van der Waals surface area contributed by atoms with Gasteiger partial charge in [-0.2, -0.15) is 0 Å². The first-order valence-electron chi connectivity index (χ1n) is 4.23. The van der Waals surface area contributed by atoms with Gasteiger partial charge < -0.3 is 9.73 Å². The molecule has 14 heavy (non-hydrogen) atoms. The Labute approximate surface area is 89.7 Å². The van der Waals surface area contributed by atoms with E-state index in [2.05, 4.69) is 15.5 Å². The molecule has 5 nitrogen and oxygen atoms in total. The first kappa shape index (κ1) is 11.5. The van der Waals surface area contributed by atoms with Gasteiger partial charge in [-0.05, 0) is 0 Å². The summed E-state index contributed by atoms with van der Waals surface area (Å²) in [5, 5.41) is 10.2. The summed E-state index contributed by atoms with van der Waals surface area (Å²) in [5.74, 6) is 1.83. The van der Waals surface area contributed by atoms with Gasteiger partial charge in [0.05, 0.1) is 0 Å². The lowest BCUT2D eigenvalue weighted by atomic mass is 10.7. The van der Waals surface area contributed by atoms with Crippen LogP contribution in [0.4, 0.5) is 6.01 Å². The normalized spacial score (nSPS) is 12.7. The third-order valence-corrected chi connectivity index (χ3v) is 3.04. The van der Waals surface area contributed by atoms with Crippen LogP contribution in [0.5, 0.6) is 0 Å². The zero-order chi connectivity index (χ0) is 10.4.